The van der Waals surface area contributed by atoms with Crippen molar-refractivity contribution in [3.63, 3.8) is 0 Å². The number of carbonyl (C=O) groups is 2. The van der Waals surface area contributed by atoms with Gasteiger partial charge in [0.25, 0.3) is 10.0 Å². The molecule has 43 heavy (non-hydrogen) atoms. The van der Waals surface area contributed by atoms with E-state index in [9.17, 15) is 18.0 Å². The van der Waals surface area contributed by atoms with Crippen molar-refractivity contribution < 1.29 is 22.7 Å². The van der Waals surface area contributed by atoms with Crippen LogP contribution in [0.5, 0.6) is 5.75 Å². The summed E-state index contributed by atoms with van der Waals surface area (Å²) in [6.07, 6.45) is 2.02. The molecule has 0 saturated heterocycles. The largest absolute Gasteiger partial charge is 0.494 e. The predicted octanol–water partition coefficient (Wildman–Crippen LogP) is 6.62. The highest BCUT2D eigenvalue weighted by Gasteiger charge is 2.33. The van der Waals surface area contributed by atoms with Crippen LogP contribution < -0.4 is 14.4 Å². The number of anilines is 1. The Hall–Kier alpha value is -3.27. The first kappa shape index (κ1) is 34.2. The number of amides is 2. The number of benzene rings is 3. The molecule has 0 spiro atoms. The number of carbonyl (C=O) groups excluding carboxylic acids is 2. The fraction of sp³-hybridized carbons (Fsp3) is 0.375. The minimum absolute atomic E-state index is 0.00436. The summed E-state index contributed by atoms with van der Waals surface area (Å²) in [5, 5.41) is 3.59. The van der Waals surface area contributed by atoms with Crippen molar-refractivity contribution in [1.29, 1.82) is 0 Å². The molecule has 0 aliphatic carbocycles. The summed E-state index contributed by atoms with van der Waals surface area (Å²) in [7, 11) is -4.19. The lowest BCUT2D eigenvalue weighted by molar-refractivity contribution is -0.140. The number of sulfonamides is 1. The van der Waals surface area contributed by atoms with Crippen molar-refractivity contribution in [2.24, 2.45) is 0 Å². The minimum Gasteiger partial charge on any atom is -0.494 e. The molecule has 0 radical (unpaired) electrons. The SMILES string of the molecule is CCCCNC(=O)[C@H](CC)N(Cc1ccc(Cl)c(Cl)c1)C(=O)CN(c1ccc(C)cc1)S(=O)(=O)c1ccc(OCC)cc1. The average molecular weight is 649 g/mol. The summed E-state index contributed by atoms with van der Waals surface area (Å²) in [5.74, 6) is -0.314. The van der Waals surface area contributed by atoms with Crippen LogP contribution in [0.1, 0.15) is 51.2 Å². The molecule has 0 saturated carbocycles. The molecule has 1 atom stereocenters. The van der Waals surface area contributed by atoms with Crippen LogP contribution >= 0.6 is 23.2 Å². The first-order valence-electron chi connectivity index (χ1n) is 14.3. The van der Waals surface area contributed by atoms with Crippen molar-refractivity contribution >= 4 is 50.7 Å². The Balaban J connectivity index is 2.04. The van der Waals surface area contributed by atoms with Gasteiger partial charge in [0, 0.05) is 13.1 Å². The molecular weight excluding hydrogens is 609 g/mol. The van der Waals surface area contributed by atoms with Crippen molar-refractivity contribution in [2.75, 3.05) is 24.0 Å². The zero-order chi connectivity index (χ0) is 31.6. The minimum atomic E-state index is -4.19. The Morgan fingerprint density at radius 2 is 1.60 bits per heavy atom. The fourth-order valence-electron chi connectivity index (χ4n) is 4.50. The summed E-state index contributed by atoms with van der Waals surface area (Å²) in [6, 6.07) is 17.1. The van der Waals surface area contributed by atoms with E-state index in [4.69, 9.17) is 27.9 Å². The van der Waals surface area contributed by atoms with Gasteiger partial charge < -0.3 is 15.0 Å². The van der Waals surface area contributed by atoms with Gasteiger partial charge in [-0.1, -0.05) is 67.2 Å². The van der Waals surface area contributed by atoms with Gasteiger partial charge >= 0.3 is 0 Å². The zero-order valence-electron chi connectivity index (χ0n) is 25.0. The number of aryl methyl sites for hydroxylation is 1. The number of nitrogens with one attached hydrogen (secondary N) is 1. The lowest BCUT2D eigenvalue weighted by Gasteiger charge is -2.33. The van der Waals surface area contributed by atoms with E-state index in [1.165, 1.54) is 17.0 Å². The predicted molar refractivity (Wildman–Crippen MR) is 172 cm³/mol. The molecule has 0 bridgehead atoms. The maximum atomic E-state index is 14.2. The lowest BCUT2D eigenvalue weighted by Crippen LogP contribution is -2.52. The molecule has 3 aromatic rings. The quantitative estimate of drug-likeness (QED) is 0.187. The molecule has 11 heteroatoms. The molecule has 0 fully saturated rings. The molecule has 1 N–H and O–H groups in total. The van der Waals surface area contributed by atoms with Crippen molar-refractivity contribution in [3.05, 3.63) is 87.9 Å². The number of halogens is 2. The smallest absolute Gasteiger partial charge is 0.264 e. The van der Waals surface area contributed by atoms with E-state index < -0.39 is 28.5 Å². The number of hydrogen-bond donors (Lipinski definition) is 1. The molecule has 3 aromatic carbocycles. The standard InChI is InChI=1S/C32H39Cl2N3O5S/c1-5-8-19-35-32(39)30(6-2)36(21-24-11-18-28(33)29(34)20-24)31(38)22-37(25-12-9-23(4)10-13-25)43(40,41)27-16-14-26(15-17-27)42-7-3/h9-18,20,30H,5-8,19,21-22H2,1-4H3,(H,35,39)/t30-/m0/s1. The van der Waals surface area contributed by atoms with E-state index in [1.54, 1.807) is 54.6 Å². The summed E-state index contributed by atoms with van der Waals surface area (Å²) in [5.41, 5.74) is 1.91. The summed E-state index contributed by atoms with van der Waals surface area (Å²) < 4.78 is 34.6. The van der Waals surface area contributed by atoms with Crippen molar-refractivity contribution in [2.45, 2.75) is 64.4 Å². The van der Waals surface area contributed by atoms with Crippen LogP contribution in [0.25, 0.3) is 0 Å². The van der Waals surface area contributed by atoms with Crippen molar-refractivity contribution in [1.82, 2.24) is 10.2 Å². The Kier molecular flexibility index (Phi) is 12.7. The van der Waals surface area contributed by atoms with Gasteiger partial charge in [-0.05, 0) is 80.8 Å². The van der Waals surface area contributed by atoms with E-state index in [0.29, 0.717) is 46.6 Å². The van der Waals surface area contributed by atoms with E-state index in [1.807, 2.05) is 27.7 Å². The third-order valence-electron chi connectivity index (χ3n) is 6.88. The second-order valence-electron chi connectivity index (χ2n) is 10.1. The molecule has 0 unspecified atom stereocenters. The van der Waals surface area contributed by atoms with Crippen LogP contribution in [0.3, 0.4) is 0 Å². The Labute approximate surface area is 265 Å². The molecule has 0 heterocycles. The second kappa shape index (κ2) is 16.0. The fourth-order valence-corrected chi connectivity index (χ4v) is 6.24. The van der Waals surface area contributed by atoms with Gasteiger partial charge in [-0.25, -0.2) is 8.42 Å². The lowest BCUT2D eigenvalue weighted by atomic mass is 10.1. The maximum Gasteiger partial charge on any atom is 0.264 e. The van der Waals surface area contributed by atoms with Crippen LogP contribution in [0.15, 0.2) is 71.6 Å². The number of ether oxygens (including phenoxy) is 1. The molecule has 0 aliphatic heterocycles. The van der Waals surface area contributed by atoms with Crippen LogP contribution in [0.4, 0.5) is 5.69 Å². The van der Waals surface area contributed by atoms with Crippen molar-refractivity contribution in [3.8, 4) is 5.75 Å². The highest BCUT2D eigenvalue weighted by molar-refractivity contribution is 7.92. The first-order valence-corrected chi connectivity index (χ1v) is 16.5. The molecule has 0 aliphatic rings. The third kappa shape index (κ3) is 9.11. The second-order valence-corrected chi connectivity index (χ2v) is 12.8. The van der Waals surface area contributed by atoms with E-state index >= 15 is 0 Å². The van der Waals surface area contributed by atoms with E-state index in [-0.39, 0.29) is 17.3 Å². The van der Waals surface area contributed by atoms with Crippen LogP contribution in [-0.4, -0.2) is 50.9 Å². The van der Waals surface area contributed by atoms with Crippen LogP contribution in [0.2, 0.25) is 10.0 Å². The highest BCUT2D eigenvalue weighted by Crippen LogP contribution is 2.28. The van der Waals surface area contributed by atoms with Crippen LogP contribution in [-0.2, 0) is 26.2 Å². The Morgan fingerprint density at radius 3 is 2.19 bits per heavy atom. The van der Waals surface area contributed by atoms with Gasteiger partial charge in [-0.2, -0.15) is 0 Å². The highest BCUT2D eigenvalue weighted by atomic mass is 35.5. The molecular formula is C32H39Cl2N3O5S. The summed E-state index contributed by atoms with van der Waals surface area (Å²) >= 11 is 12.4. The van der Waals surface area contributed by atoms with Gasteiger partial charge in [0.15, 0.2) is 0 Å². The first-order chi connectivity index (χ1) is 20.5. The number of rotatable bonds is 15. The van der Waals surface area contributed by atoms with Gasteiger partial charge in [0.05, 0.1) is 27.2 Å². The van der Waals surface area contributed by atoms with E-state index in [0.717, 1.165) is 22.7 Å². The third-order valence-corrected chi connectivity index (χ3v) is 9.40. The molecule has 2 amide bonds. The monoisotopic (exact) mass is 647 g/mol. The molecule has 0 aromatic heterocycles. The molecule has 3 rings (SSSR count). The number of hydrogen-bond acceptors (Lipinski definition) is 5. The van der Waals surface area contributed by atoms with Gasteiger partial charge in [-0.15, -0.1) is 0 Å². The summed E-state index contributed by atoms with van der Waals surface area (Å²) in [4.78, 5) is 28.9. The van der Waals surface area contributed by atoms with Crippen LogP contribution in [0, 0.1) is 6.92 Å². The molecule has 232 valence electrons. The Morgan fingerprint density at radius 1 is 0.930 bits per heavy atom. The summed E-state index contributed by atoms with van der Waals surface area (Å²) in [6.45, 7) is 7.98. The van der Waals surface area contributed by atoms with Gasteiger partial charge in [0.1, 0.15) is 18.3 Å². The Bertz CT molecular complexity index is 1480. The zero-order valence-corrected chi connectivity index (χ0v) is 27.3. The average Bonchev–Trinajstić information content (AvgIpc) is 2.98. The maximum absolute atomic E-state index is 14.2. The molecule has 8 nitrogen and oxygen atoms in total. The van der Waals surface area contributed by atoms with Gasteiger partial charge in [-0.3, -0.25) is 13.9 Å². The van der Waals surface area contributed by atoms with E-state index in [2.05, 4.69) is 5.32 Å². The topological polar surface area (TPSA) is 96.0 Å². The normalized spacial score (nSPS) is 12.0. The van der Waals surface area contributed by atoms with Gasteiger partial charge in [0.2, 0.25) is 11.8 Å². The number of nitrogens with zero attached hydrogens (tertiary/aromatic N) is 2. The number of unbranched alkanes of at least 4 members (excludes halogenated alkanes) is 1.